The van der Waals surface area contributed by atoms with Crippen molar-refractivity contribution in [3.8, 4) is 0 Å². The van der Waals surface area contributed by atoms with Gasteiger partial charge in [-0.25, -0.2) is 20.4 Å². The Balaban J connectivity index is -0.000000331. The molecule has 0 rings (SSSR count). The van der Waals surface area contributed by atoms with E-state index in [0.29, 0.717) is 6.42 Å². The van der Waals surface area contributed by atoms with Crippen LogP contribution in [0.3, 0.4) is 0 Å². The van der Waals surface area contributed by atoms with Crippen molar-refractivity contribution in [2.75, 3.05) is 0 Å². The third-order valence-electron chi connectivity index (χ3n) is 3.99. The molecule has 0 bridgehead atoms. The quantitative estimate of drug-likeness (QED) is 0.121. The van der Waals surface area contributed by atoms with Crippen LogP contribution in [0, 0.1) is 10.8 Å². The summed E-state index contributed by atoms with van der Waals surface area (Å²) in [7, 11) is 0. The van der Waals surface area contributed by atoms with Crippen molar-refractivity contribution >= 4 is 18.1 Å². The summed E-state index contributed by atoms with van der Waals surface area (Å²) in [5.41, 5.74) is 0. The third kappa shape index (κ3) is 51.7. The van der Waals surface area contributed by atoms with Crippen LogP contribution in [0.2, 0.25) is 0 Å². The van der Waals surface area contributed by atoms with Gasteiger partial charge in [-0.2, -0.15) is 0 Å². The van der Waals surface area contributed by atoms with Crippen molar-refractivity contribution in [1.82, 2.24) is 0 Å². The Morgan fingerprint density at radius 3 is 1.11 bits per heavy atom. The maximum atomic E-state index is 10.3. The number of isocyanates is 2. The molecule has 0 aliphatic carbocycles. The van der Waals surface area contributed by atoms with E-state index in [1.807, 2.05) is 0 Å². The van der Waals surface area contributed by atoms with Gasteiger partial charge in [0.2, 0.25) is 12.2 Å². The van der Waals surface area contributed by atoms with Crippen LogP contribution >= 0.6 is 0 Å². The smallest absolute Gasteiger partial charge is 0.303 e. The van der Waals surface area contributed by atoms with Crippen molar-refractivity contribution in [3.05, 3.63) is 0 Å². The van der Waals surface area contributed by atoms with Gasteiger partial charge in [0.15, 0.2) is 0 Å². The van der Waals surface area contributed by atoms with E-state index in [2.05, 4.69) is 6.92 Å². The largest absolute Gasteiger partial charge is 0.481 e. The maximum absolute atomic E-state index is 10.3. The van der Waals surface area contributed by atoms with Gasteiger partial charge in [0.05, 0.1) is 0 Å². The van der Waals surface area contributed by atoms with Crippen LogP contribution in [0.5, 0.6) is 0 Å². The molecule has 27 heavy (non-hydrogen) atoms. The van der Waals surface area contributed by atoms with Crippen molar-refractivity contribution in [2.24, 2.45) is 0 Å². The number of aliphatic carboxylic acids is 1. The molecule has 156 valence electrons. The molecular weight excluding hydrogens is 380 g/mol. The molecule has 0 saturated heterocycles. The van der Waals surface area contributed by atoms with Gasteiger partial charge in [0, 0.05) is 28.1 Å². The van der Waals surface area contributed by atoms with Crippen LogP contribution in [-0.4, -0.2) is 23.2 Å². The van der Waals surface area contributed by atoms with Crippen molar-refractivity contribution in [3.63, 3.8) is 0 Å². The first-order valence-corrected chi connectivity index (χ1v) is 9.90. The molecule has 0 saturated carbocycles. The number of carbonyl (C=O) groups is 1. The minimum atomic E-state index is -0.653. The minimum absolute atomic E-state index is 0. The predicted octanol–water partition coefficient (Wildman–Crippen LogP) is 6.13. The molecule has 0 aliphatic heterocycles. The zero-order valence-corrected chi connectivity index (χ0v) is 18.5. The van der Waals surface area contributed by atoms with Crippen LogP contribution in [0.1, 0.15) is 110 Å². The fraction of sp³-hybridized carbons (Fsp3) is 0.850. The van der Waals surface area contributed by atoms with Gasteiger partial charge < -0.3 is 5.11 Å². The Morgan fingerprint density at radius 1 is 0.667 bits per heavy atom. The molecule has 0 amide bonds. The molecule has 0 aliphatic rings. The first-order chi connectivity index (χ1) is 12.6. The van der Waals surface area contributed by atoms with Gasteiger partial charge in [-0.05, 0) is 6.42 Å². The van der Waals surface area contributed by atoms with E-state index in [4.69, 9.17) is 25.5 Å². The second kappa shape index (κ2) is 36.0. The molecule has 0 aromatic heterocycles. The van der Waals surface area contributed by atoms with E-state index in [0.717, 1.165) is 25.0 Å². The first-order valence-electron chi connectivity index (χ1n) is 9.90. The molecular formula is C20H38N2O4Ti. The second-order valence-electron chi connectivity index (χ2n) is 6.30. The summed E-state index contributed by atoms with van der Waals surface area (Å²) in [5, 5.41) is 19.3. The Morgan fingerprint density at radius 2 is 0.889 bits per heavy atom. The fourth-order valence-electron chi connectivity index (χ4n) is 2.65. The zero-order valence-electron chi connectivity index (χ0n) is 17.0. The summed E-state index contributed by atoms with van der Waals surface area (Å²) in [6.45, 7) is 2.27. The van der Waals surface area contributed by atoms with Gasteiger partial charge >= 0.3 is 5.97 Å². The summed E-state index contributed by atoms with van der Waals surface area (Å²) in [4.78, 5) is 27.0. The molecule has 7 heteroatoms. The standard InChI is InChI=1S/C18H36O2.2CHNO.Ti/c1-2-3-4-5-6-7-8-9-10-11-12-13-14-15-16-17-18(19)20;2*2-1-3;/h2-17H2,1H3,(H,19,20);2*2H;. The zero-order chi connectivity index (χ0) is 20.3. The topological polar surface area (TPSA) is 119 Å². The van der Waals surface area contributed by atoms with E-state index in [1.165, 1.54) is 83.5 Å². The molecule has 0 fully saturated rings. The first kappa shape index (κ1) is 33.5. The van der Waals surface area contributed by atoms with Crippen LogP contribution in [0.15, 0.2) is 0 Å². The normalized spacial score (nSPS) is 8.63. The van der Waals surface area contributed by atoms with Crippen molar-refractivity contribution in [2.45, 2.75) is 110 Å². The Kier molecular flexibility index (Phi) is 44.6. The van der Waals surface area contributed by atoms with Gasteiger partial charge in [-0.3, -0.25) is 4.79 Å². The molecule has 6 nitrogen and oxygen atoms in total. The minimum Gasteiger partial charge on any atom is -0.481 e. The molecule has 0 spiro atoms. The van der Waals surface area contributed by atoms with Gasteiger partial charge in [0.1, 0.15) is 0 Å². The monoisotopic (exact) mass is 418 g/mol. The Bertz CT molecular complexity index is 342. The van der Waals surface area contributed by atoms with Crippen LogP contribution in [0.4, 0.5) is 0 Å². The van der Waals surface area contributed by atoms with Gasteiger partial charge in [0.25, 0.3) is 0 Å². The van der Waals surface area contributed by atoms with Crippen molar-refractivity contribution in [1.29, 1.82) is 10.8 Å². The summed E-state index contributed by atoms with van der Waals surface area (Å²) in [6, 6.07) is 0. The van der Waals surface area contributed by atoms with Gasteiger partial charge in [-0.1, -0.05) is 96.8 Å². The van der Waals surface area contributed by atoms with Gasteiger partial charge in [-0.15, -0.1) is 0 Å². The predicted molar refractivity (Wildman–Crippen MR) is 104 cm³/mol. The molecule has 0 atom stereocenters. The van der Waals surface area contributed by atoms with Crippen LogP contribution in [0.25, 0.3) is 0 Å². The molecule has 0 unspecified atom stereocenters. The third-order valence-corrected chi connectivity index (χ3v) is 3.99. The number of unbranched alkanes of at least 4 members (excludes halogenated alkanes) is 14. The number of hydrogen-bond acceptors (Lipinski definition) is 5. The van der Waals surface area contributed by atoms with Crippen LogP contribution in [-0.2, 0) is 36.1 Å². The second-order valence-corrected chi connectivity index (χ2v) is 6.30. The Hall–Kier alpha value is -1.06. The Labute approximate surface area is 179 Å². The summed E-state index contributed by atoms with van der Waals surface area (Å²) >= 11 is 0. The number of hydrogen-bond donors (Lipinski definition) is 3. The number of carboxylic acid groups (broad SMARTS) is 1. The summed E-state index contributed by atoms with van der Waals surface area (Å²) < 4.78 is 0. The average Bonchev–Trinajstić information content (AvgIpc) is 2.59. The maximum Gasteiger partial charge on any atom is 0.303 e. The molecule has 0 radical (unpaired) electrons. The van der Waals surface area contributed by atoms with E-state index in [-0.39, 0.29) is 21.7 Å². The van der Waals surface area contributed by atoms with E-state index >= 15 is 0 Å². The van der Waals surface area contributed by atoms with Crippen molar-refractivity contribution < 1.29 is 41.2 Å². The number of carboxylic acids is 1. The van der Waals surface area contributed by atoms with E-state index < -0.39 is 5.97 Å². The van der Waals surface area contributed by atoms with E-state index in [9.17, 15) is 4.79 Å². The summed E-state index contributed by atoms with van der Waals surface area (Å²) in [6.07, 6.45) is 21.7. The molecule has 3 N–H and O–H groups in total. The molecule has 0 heterocycles. The molecule has 0 aromatic rings. The van der Waals surface area contributed by atoms with E-state index in [1.54, 1.807) is 0 Å². The number of nitrogens with one attached hydrogen (secondary N) is 2. The number of rotatable bonds is 16. The van der Waals surface area contributed by atoms with Crippen LogP contribution < -0.4 is 0 Å². The fourth-order valence-corrected chi connectivity index (χ4v) is 2.65. The number of carbonyl (C=O) groups excluding carboxylic acids is 2. The average molecular weight is 418 g/mol. The summed E-state index contributed by atoms with van der Waals surface area (Å²) in [5.74, 6) is -0.653. The molecule has 0 aromatic carbocycles. The SMILES string of the molecule is CCCCCCCCCCCCCCCCCC(=O)O.N=C=O.N=C=O.[Ti].